The van der Waals surface area contributed by atoms with Crippen LogP contribution in [0.4, 0.5) is 5.69 Å². The number of anilines is 1. The van der Waals surface area contributed by atoms with Crippen LogP contribution in [0.1, 0.15) is 32.1 Å². The third-order valence-electron chi connectivity index (χ3n) is 5.07. The highest BCUT2D eigenvalue weighted by Crippen LogP contribution is 2.45. The molecule has 4 N–H and O–H groups in total. The summed E-state index contributed by atoms with van der Waals surface area (Å²) in [4.78, 5) is 10.8. The van der Waals surface area contributed by atoms with Crippen LogP contribution in [0.25, 0.3) is 0 Å². The minimum absolute atomic E-state index is 0.200. The third kappa shape index (κ3) is 3.50. The Morgan fingerprint density at radius 2 is 1.71 bits per heavy atom. The maximum absolute atomic E-state index is 6.34. The summed E-state index contributed by atoms with van der Waals surface area (Å²) in [6, 6.07) is 12.7. The summed E-state index contributed by atoms with van der Waals surface area (Å²) in [5.41, 5.74) is 12.4. The van der Waals surface area contributed by atoms with Crippen molar-refractivity contribution in [2.75, 3.05) is 4.90 Å². The second-order valence-corrected chi connectivity index (χ2v) is 7.81. The van der Waals surface area contributed by atoms with Gasteiger partial charge in [-0.1, -0.05) is 41.8 Å². The standard InChI is InChI=1S/C20H21Cl2N5O/c21-13-8-9-17(28-16-7-3-2-6-14(16)22)15(12-13)27-19(24)25-18(23)26-20(27)10-4-1-5-11-20/h2-3,6-9,12H,1,4-5,10-11H2,(H4,23,24,25,26). The molecular weight excluding hydrogens is 397 g/mol. The molecule has 2 aliphatic rings. The van der Waals surface area contributed by atoms with Crippen molar-refractivity contribution in [3.8, 4) is 11.5 Å². The van der Waals surface area contributed by atoms with Gasteiger partial charge < -0.3 is 16.2 Å². The molecular formula is C20H21Cl2N5O. The molecule has 146 valence electrons. The van der Waals surface area contributed by atoms with E-state index >= 15 is 0 Å². The monoisotopic (exact) mass is 417 g/mol. The van der Waals surface area contributed by atoms with Gasteiger partial charge in [-0.15, -0.1) is 0 Å². The van der Waals surface area contributed by atoms with Crippen molar-refractivity contribution in [3.63, 3.8) is 0 Å². The SMILES string of the molecule is NC1=NC2(CCCCC2)N(c2cc(Cl)ccc2Oc2ccccc2Cl)C(N)=N1. The molecule has 8 heteroatoms. The fourth-order valence-electron chi connectivity index (χ4n) is 3.87. The number of halogens is 2. The predicted molar refractivity (Wildman–Crippen MR) is 115 cm³/mol. The number of aliphatic imine (C=N–C) groups is 2. The van der Waals surface area contributed by atoms with Gasteiger partial charge in [0.05, 0.1) is 10.7 Å². The van der Waals surface area contributed by atoms with Gasteiger partial charge in [-0.05, 0) is 56.0 Å². The van der Waals surface area contributed by atoms with Crippen molar-refractivity contribution < 1.29 is 4.74 Å². The molecule has 0 amide bonds. The number of guanidine groups is 2. The molecule has 0 unspecified atom stereocenters. The van der Waals surface area contributed by atoms with Crippen molar-refractivity contribution in [2.45, 2.75) is 37.8 Å². The van der Waals surface area contributed by atoms with Gasteiger partial charge in [-0.3, -0.25) is 4.90 Å². The van der Waals surface area contributed by atoms with E-state index in [-0.39, 0.29) is 11.9 Å². The molecule has 0 radical (unpaired) electrons. The van der Waals surface area contributed by atoms with Crippen LogP contribution in [0.5, 0.6) is 11.5 Å². The van der Waals surface area contributed by atoms with E-state index in [1.807, 2.05) is 23.1 Å². The lowest BCUT2D eigenvalue weighted by Crippen LogP contribution is -2.58. The average molecular weight is 418 g/mol. The first-order chi connectivity index (χ1) is 13.5. The molecule has 6 nitrogen and oxygen atoms in total. The highest BCUT2D eigenvalue weighted by Gasteiger charge is 2.43. The van der Waals surface area contributed by atoms with Gasteiger partial charge in [-0.2, -0.15) is 4.99 Å². The zero-order valence-electron chi connectivity index (χ0n) is 15.2. The molecule has 0 bridgehead atoms. The van der Waals surface area contributed by atoms with Crippen LogP contribution in [0.3, 0.4) is 0 Å². The Balaban J connectivity index is 1.82. The maximum atomic E-state index is 6.34. The number of ether oxygens (including phenoxy) is 1. The second-order valence-electron chi connectivity index (χ2n) is 6.96. The number of benzene rings is 2. The summed E-state index contributed by atoms with van der Waals surface area (Å²) in [6.07, 6.45) is 4.86. The third-order valence-corrected chi connectivity index (χ3v) is 5.62. The van der Waals surface area contributed by atoms with E-state index in [1.165, 1.54) is 0 Å². The van der Waals surface area contributed by atoms with Crippen molar-refractivity contribution in [1.29, 1.82) is 0 Å². The molecule has 1 aliphatic heterocycles. The van der Waals surface area contributed by atoms with Gasteiger partial charge in [0.2, 0.25) is 11.9 Å². The number of hydrogen-bond donors (Lipinski definition) is 2. The predicted octanol–water partition coefficient (Wildman–Crippen LogP) is 4.90. The lowest BCUT2D eigenvalue weighted by atomic mass is 9.87. The van der Waals surface area contributed by atoms with Crippen LogP contribution >= 0.6 is 23.2 Å². The Morgan fingerprint density at radius 1 is 0.964 bits per heavy atom. The van der Waals surface area contributed by atoms with Crippen LogP contribution < -0.4 is 21.1 Å². The Bertz CT molecular complexity index is 953. The minimum Gasteiger partial charge on any atom is -0.454 e. The number of nitrogens with zero attached hydrogens (tertiary/aromatic N) is 3. The smallest absolute Gasteiger partial charge is 0.220 e. The molecule has 2 aromatic carbocycles. The molecule has 1 aliphatic carbocycles. The highest BCUT2D eigenvalue weighted by atomic mass is 35.5. The first-order valence-electron chi connectivity index (χ1n) is 9.20. The van der Waals surface area contributed by atoms with Crippen LogP contribution in [-0.4, -0.2) is 17.6 Å². The zero-order chi connectivity index (χ0) is 19.7. The number of rotatable bonds is 3. The van der Waals surface area contributed by atoms with Gasteiger partial charge in [0.1, 0.15) is 11.4 Å². The largest absolute Gasteiger partial charge is 0.454 e. The second kappa shape index (κ2) is 7.53. The maximum Gasteiger partial charge on any atom is 0.220 e. The van der Waals surface area contributed by atoms with E-state index in [0.29, 0.717) is 27.2 Å². The van der Waals surface area contributed by atoms with Crippen LogP contribution in [0, 0.1) is 0 Å². The topological polar surface area (TPSA) is 89.2 Å². The zero-order valence-corrected chi connectivity index (χ0v) is 16.7. The Kier molecular flexibility index (Phi) is 5.08. The molecule has 1 heterocycles. The van der Waals surface area contributed by atoms with Gasteiger partial charge in [0, 0.05) is 5.02 Å². The fourth-order valence-corrected chi connectivity index (χ4v) is 4.21. The molecule has 0 aromatic heterocycles. The molecule has 1 saturated carbocycles. The number of nitrogens with two attached hydrogens (primary N) is 2. The Hall–Kier alpha value is -2.44. The summed E-state index contributed by atoms with van der Waals surface area (Å²) < 4.78 is 6.14. The molecule has 0 saturated heterocycles. The normalized spacial score (nSPS) is 18.6. The Morgan fingerprint density at radius 3 is 2.46 bits per heavy atom. The molecule has 4 rings (SSSR count). The highest BCUT2D eigenvalue weighted by molar-refractivity contribution is 6.32. The fraction of sp³-hybridized carbons (Fsp3) is 0.300. The minimum atomic E-state index is -0.586. The van der Waals surface area contributed by atoms with E-state index in [0.717, 1.165) is 32.1 Å². The molecule has 1 spiro atoms. The summed E-state index contributed by atoms with van der Waals surface area (Å²) >= 11 is 12.6. The molecule has 1 fully saturated rings. The number of hydrogen-bond acceptors (Lipinski definition) is 6. The van der Waals surface area contributed by atoms with Crippen molar-refractivity contribution >= 4 is 40.8 Å². The van der Waals surface area contributed by atoms with Crippen molar-refractivity contribution in [2.24, 2.45) is 21.5 Å². The summed E-state index contributed by atoms with van der Waals surface area (Å²) in [7, 11) is 0. The summed E-state index contributed by atoms with van der Waals surface area (Å²) in [5.74, 6) is 1.59. The van der Waals surface area contributed by atoms with Crippen molar-refractivity contribution in [3.05, 3.63) is 52.5 Å². The first-order valence-corrected chi connectivity index (χ1v) is 9.96. The van der Waals surface area contributed by atoms with Crippen molar-refractivity contribution in [1.82, 2.24) is 0 Å². The summed E-state index contributed by atoms with van der Waals surface area (Å²) in [6.45, 7) is 0. The van der Waals surface area contributed by atoms with E-state index in [9.17, 15) is 0 Å². The molecule has 0 atom stereocenters. The number of para-hydroxylation sites is 1. The molecule has 28 heavy (non-hydrogen) atoms. The van der Waals surface area contributed by atoms with Crippen LogP contribution in [0.2, 0.25) is 10.0 Å². The lowest BCUT2D eigenvalue weighted by Gasteiger charge is -2.45. The van der Waals surface area contributed by atoms with Crippen LogP contribution in [0.15, 0.2) is 52.4 Å². The van der Waals surface area contributed by atoms with E-state index in [4.69, 9.17) is 44.4 Å². The van der Waals surface area contributed by atoms with E-state index < -0.39 is 5.66 Å². The Labute approximate surface area is 173 Å². The summed E-state index contributed by atoms with van der Waals surface area (Å²) in [5, 5.41) is 1.07. The van der Waals surface area contributed by atoms with Gasteiger partial charge in [0.15, 0.2) is 5.75 Å². The lowest BCUT2D eigenvalue weighted by molar-refractivity contribution is 0.304. The van der Waals surface area contributed by atoms with Gasteiger partial charge >= 0.3 is 0 Å². The van der Waals surface area contributed by atoms with Gasteiger partial charge in [-0.25, -0.2) is 4.99 Å². The average Bonchev–Trinajstić information content (AvgIpc) is 2.65. The van der Waals surface area contributed by atoms with E-state index in [2.05, 4.69) is 4.99 Å². The van der Waals surface area contributed by atoms with Crippen LogP contribution in [-0.2, 0) is 0 Å². The van der Waals surface area contributed by atoms with E-state index in [1.54, 1.807) is 24.3 Å². The molecule has 2 aromatic rings. The first kappa shape index (κ1) is 18.9. The quantitative estimate of drug-likeness (QED) is 0.742. The van der Waals surface area contributed by atoms with Gasteiger partial charge in [0.25, 0.3) is 0 Å².